The Balaban J connectivity index is 1.14. The number of hydrogen-bond donors (Lipinski definition) is 2. The topological polar surface area (TPSA) is 47.6 Å². The molecule has 29 heavy (non-hydrogen) atoms. The zero-order valence-corrected chi connectivity index (χ0v) is 18.0. The van der Waals surface area contributed by atoms with Crippen molar-refractivity contribution in [3.63, 3.8) is 0 Å². The molecule has 6 heteroatoms. The second-order valence-electron chi connectivity index (χ2n) is 10.6. The van der Waals surface area contributed by atoms with Gasteiger partial charge in [0.1, 0.15) is 6.17 Å². The predicted octanol–water partition coefficient (Wildman–Crippen LogP) is 2.31. The van der Waals surface area contributed by atoms with Gasteiger partial charge in [0.15, 0.2) is 0 Å². The summed E-state index contributed by atoms with van der Waals surface area (Å²) in [6, 6.07) is 1.64. The Morgan fingerprint density at radius 1 is 0.966 bits per heavy atom. The Hall–Kier alpha value is -0.720. The lowest BCUT2D eigenvalue weighted by Crippen LogP contribution is -2.56. The van der Waals surface area contributed by atoms with Crippen molar-refractivity contribution in [1.29, 1.82) is 0 Å². The molecule has 5 nitrogen and oxygen atoms in total. The molecule has 2 saturated carbocycles. The standard InChI is InChI=1S/C23H39FN4O/c1-15-7-8-20(24)19-13-21(26-22(15)19)23(29)25-16-4-2-5-17(12-16)28-11-10-27-9-3-6-18(27)14-28/h15-22,26H,2-14H2,1H3,(H,25,29). The number of amides is 1. The van der Waals surface area contributed by atoms with Crippen molar-refractivity contribution in [2.45, 2.75) is 101 Å². The van der Waals surface area contributed by atoms with Crippen LogP contribution in [-0.2, 0) is 4.79 Å². The number of halogens is 1. The molecule has 8 atom stereocenters. The van der Waals surface area contributed by atoms with Crippen LogP contribution in [0.4, 0.5) is 4.39 Å². The van der Waals surface area contributed by atoms with Gasteiger partial charge in [0.2, 0.25) is 5.91 Å². The van der Waals surface area contributed by atoms with Crippen molar-refractivity contribution in [1.82, 2.24) is 20.4 Å². The number of nitrogens with one attached hydrogen (secondary N) is 2. The molecule has 3 heterocycles. The normalized spacial score (nSPS) is 46.3. The molecular formula is C23H39FN4O. The Kier molecular flexibility index (Phi) is 5.87. The van der Waals surface area contributed by atoms with E-state index in [1.807, 2.05) is 0 Å². The Labute approximate surface area is 175 Å². The third kappa shape index (κ3) is 4.09. The van der Waals surface area contributed by atoms with Crippen molar-refractivity contribution in [2.24, 2.45) is 11.8 Å². The van der Waals surface area contributed by atoms with E-state index >= 15 is 0 Å². The Morgan fingerprint density at radius 2 is 1.79 bits per heavy atom. The first-order valence-electron chi connectivity index (χ1n) is 12.3. The summed E-state index contributed by atoms with van der Waals surface area (Å²) in [5, 5.41) is 6.85. The molecule has 2 aliphatic carbocycles. The molecule has 3 aliphatic heterocycles. The van der Waals surface area contributed by atoms with Crippen LogP contribution in [0.3, 0.4) is 0 Å². The molecule has 5 fully saturated rings. The molecule has 3 saturated heterocycles. The van der Waals surface area contributed by atoms with Gasteiger partial charge in [-0.15, -0.1) is 0 Å². The number of rotatable bonds is 3. The number of nitrogens with zero attached hydrogens (tertiary/aromatic N) is 2. The maximum absolute atomic E-state index is 14.4. The van der Waals surface area contributed by atoms with E-state index in [4.69, 9.17) is 0 Å². The number of carbonyl (C=O) groups excluding carboxylic acids is 1. The van der Waals surface area contributed by atoms with Gasteiger partial charge in [-0.05, 0) is 70.3 Å². The second kappa shape index (κ2) is 8.43. The van der Waals surface area contributed by atoms with E-state index in [0.717, 1.165) is 25.3 Å². The average molecular weight is 407 g/mol. The van der Waals surface area contributed by atoms with Crippen LogP contribution in [-0.4, -0.2) is 78.3 Å². The maximum Gasteiger partial charge on any atom is 0.237 e. The summed E-state index contributed by atoms with van der Waals surface area (Å²) in [6.45, 7) is 7.11. The van der Waals surface area contributed by atoms with Crippen molar-refractivity contribution in [3.8, 4) is 0 Å². The fourth-order valence-electron chi connectivity index (χ4n) is 7.08. The number of hydrogen-bond acceptors (Lipinski definition) is 4. The fourth-order valence-corrected chi connectivity index (χ4v) is 7.08. The third-order valence-corrected chi connectivity index (χ3v) is 8.78. The van der Waals surface area contributed by atoms with Crippen LogP contribution in [0.15, 0.2) is 0 Å². The minimum atomic E-state index is -0.741. The first-order valence-corrected chi connectivity index (χ1v) is 12.3. The number of carbonyl (C=O) groups is 1. The molecule has 0 aromatic rings. The summed E-state index contributed by atoms with van der Waals surface area (Å²) in [4.78, 5) is 18.4. The minimum Gasteiger partial charge on any atom is -0.352 e. The number of fused-ring (bicyclic) bond motifs is 2. The summed E-state index contributed by atoms with van der Waals surface area (Å²) >= 11 is 0. The van der Waals surface area contributed by atoms with E-state index in [2.05, 4.69) is 27.4 Å². The molecular weight excluding hydrogens is 367 g/mol. The molecule has 0 aromatic carbocycles. The van der Waals surface area contributed by atoms with E-state index in [9.17, 15) is 9.18 Å². The van der Waals surface area contributed by atoms with Crippen LogP contribution in [0.25, 0.3) is 0 Å². The van der Waals surface area contributed by atoms with E-state index in [1.54, 1.807) is 0 Å². The molecule has 164 valence electrons. The highest BCUT2D eigenvalue weighted by Crippen LogP contribution is 2.38. The molecule has 8 unspecified atom stereocenters. The van der Waals surface area contributed by atoms with Gasteiger partial charge in [0.25, 0.3) is 0 Å². The SMILES string of the molecule is CC1CCC(F)C2CC(C(=O)NC3CCCC(N4CCN5CCCC5C4)C3)NC12. The summed E-state index contributed by atoms with van der Waals surface area (Å²) in [5.74, 6) is 0.611. The molecule has 0 aromatic heterocycles. The smallest absolute Gasteiger partial charge is 0.237 e. The Bertz CT molecular complexity index is 585. The van der Waals surface area contributed by atoms with Crippen LogP contribution >= 0.6 is 0 Å². The maximum atomic E-state index is 14.4. The summed E-state index contributed by atoms with van der Waals surface area (Å²) < 4.78 is 14.4. The number of alkyl halides is 1. The molecule has 0 bridgehead atoms. The van der Waals surface area contributed by atoms with Crippen molar-refractivity contribution < 1.29 is 9.18 Å². The first-order chi connectivity index (χ1) is 14.1. The van der Waals surface area contributed by atoms with E-state index < -0.39 is 6.17 Å². The van der Waals surface area contributed by atoms with Crippen molar-refractivity contribution in [2.75, 3.05) is 26.2 Å². The van der Waals surface area contributed by atoms with E-state index in [-0.39, 0.29) is 30.0 Å². The fraction of sp³-hybridized carbons (Fsp3) is 0.957. The van der Waals surface area contributed by atoms with Crippen LogP contribution in [0.1, 0.15) is 64.7 Å². The summed E-state index contributed by atoms with van der Waals surface area (Å²) in [6.07, 6.45) is 8.88. The van der Waals surface area contributed by atoms with E-state index in [1.165, 1.54) is 51.9 Å². The van der Waals surface area contributed by atoms with Crippen LogP contribution in [0.5, 0.6) is 0 Å². The quantitative estimate of drug-likeness (QED) is 0.755. The van der Waals surface area contributed by atoms with Gasteiger partial charge in [-0.3, -0.25) is 14.6 Å². The molecule has 1 amide bonds. The highest BCUT2D eigenvalue weighted by Gasteiger charge is 2.46. The van der Waals surface area contributed by atoms with Gasteiger partial charge in [0.05, 0.1) is 6.04 Å². The molecule has 5 rings (SSSR count). The zero-order valence-electron chi connectivity index (χ0n) is 18.0. The Morgan fingerprint density at radius 3 is 2.66 bits per heavy atom. The van der Waals surface area contributed by atoms with Gasteiger partial charge in [-0.25, -0.2) is 4.39 Å². The van der Waals surface area contributed by atoms with Crippen LogP contribution in [0, 0.1) is 11.8 Å². The van der Waals surface area contributed by atoms with Gasteiger partial charge in [0, 0.05) is 49.7 Å². The predicted molar refractivity (Wildman–Crippen MR) is 112 cm³/mol. The highest BCUT2D eigenvalue weighted by atomic mass is 19.1. The monoisotopic (exact) mass is 406 g/mol. The van der Waals surface area contributed by atoms with Gasteiger partial charge < -0.3 is 10.6 Å². The van der Waals surface area contributed by atoms with Crippen LogP contribution < -0.4 is 10.6 Å². The van der Waals surface area contributed by atoms with Crippen molar-refractivity contribution in [3.05, 3.63) is 0 Å². The summed E-state index contributed by atoms with van der Waals surface area (Å²) in [7, 11) is 0. The van der Waals surface area contributed by atoms with Gasteiger partial charge >= 0.3 is 0 Å². The highest BCUT2D eigenvalue weighted by molar-refractivity contribution is 5.82. The van der Waals surface area contributed by atoms with Gasteiger partial charge in [-0.2, -0.15) is 0 Å². The zero-order chi connectivity index (χ0) is 20.0. The largest absolute Gasteiger partial charge is 0.352 e. The molecule has 2 N–H and O–H groups in total. The van der Waals surface area contributed by atoms with E-state index in [0.29, 0.717) is 24.8 Å². The molecule has 0 radical (unpaired) electrons. The lowest BCUT2D eigenvalue weighted by molar-refractivity contribution is -0.124. The van der Waals surface area contributed by atoms with Crippen LogP contribution in [0.2, 0.25) is 0 Å². The second-order valence-corrected chi connectivity index (χ2v) is 10.6. The lowest BCUT2D eigenvalue weighted by Gasteiger charge is -2.44. The summed E-state index contributed by atoms with van der Waals surface area (Å²) in [5.41, 5.74) is 0. The third-order valence-electron chi connectivity index (χ3n) is 8.78. The minimum absolute atomic E-state index is 0.0244. The number of piperazine rings is 1. The molecule has 0 spiro atoms. The first kappa shape index (κ1) is 20.2. The lowest BCUT2D eigenvalue weighted by atomic mass is 9.77. The van der Waals surface area contributed by atoms with Gasteiger partial charge in [-0.1, -0.05) is 6.92 Å². The van der Waals surface area contributed by atoms with Crippen molar-refractivity contribution >= 4 is 5.91 Å². The average Bonchev–Trinajstić information content (AvgIpc) is 3.38. The molecule has 5 aliphatic rings.